The lowest BCUT2D eigenvalue weighted by Crippen LogP contribution is -2.53. The Morgan fingerprint density at radius 2 is 1.91 bits per heavy atom. The number of allylic oxidation sites excluding steroid dienone is 1. The van der Waals surface area contributed by atoms with E-state index in [2.05, 4.69) is 11.8 Å². The summed E-state index contributed by atoms with van der Waals surface area (Å²) in [5.41, 5.74) is 4.62. The van der Waals surface area contributed by atoms with E-state index in [9.17, 15) is 18.0 Å². The van der Waals surface area contributed by atoms with Crippen molar-refractivity contribution in [2.24, 2.45) is 0 Å². The molecule has 1 heterocycles. The highest BCUT2D eigenvalue weighted by atomic mass is 19.4. The second-order valence-electron chi connectivity index (χ2n) is 8.56. The number of hydrogen-bond acceptors (Lipinski definition) is 5. The number of aryl methyl sites for hydroxylation is 1. The Morgan fingerprint density at radius 3 is 2.59 bits per heavy atom. The fourth-order valence-corrected chi connectivity index (χ4v) is 4.43. The molecule has 34 heavy (non-hydrogen) atoms. The molecule has 1 aliphatic heterocycles. The number of halogens is 3. The average Bonchev–Trinajstić information content (AvgIpc) is 2.76. The fourth-order valence-electron chi connectivity index (χ4n) is 4.43. The van der Waals surface area contributed by atoms with Crippen LogP contribution in [-0.2, 0) is 23.9 Å². The summed E-state index contributed by atoms with van der Waals surface area (Å²) >= 11 is 0. The molecule has 2 aliphatic rings. The SMILES string of the molecule is COc1cc(C(F)(F)F)ccc1COc1ccc2c(c1)CCC(CN1CC(OC(=O)O)C1)=C2C. The number of hydrogen-bond donors (Lipinski definition) is 1. The molecule has 2 aromatic rings. The molecule has 1 N–H and O–H groups in total. The van der Waals surface area contributed by atoms with E-state index in [0.717, 1.165) is 42.6 Å². The molecule has 0 spiro atoms. The minimum Gasteiger partial charge on any atom is -0.496 e. The van der Waals surface area contributed by atoms with Gasteiger partial charge in [0.25, 0.3) is 0 Å². The maximum Gasteiger partial charge on any atom is 0.506 e. The number of alkyl halides is 3. The summed E-state index contributed by atoms with van der Waals surface area (Å²) in [5, 5.41) is 8.69. The van der Waals surface area contributed by atoms with Crippen LogP contribution in [0.5, 0.6) is 11.5 Å². The van der Waals surface area contributed by atoms with E-state index in [1.807, 2.05) is 18.2 Å². The Labute approximate surface area is 195 Å². The second kappa shape index (κ2) is 9.58. The van der Waals surface area contributed by atoms with Crippen LogP contribution in [0.25, 0.3) is 5.57 Å². The predicted octanol–water partition coefficient (Wildman–Crippen LogP) is 5.39. The summed E-state index contributed by atoms with van der Waals surface area (Å²) in [6.07, 6.45) is -4.17. The molecule has 9 heteroatoms. The van der Waals surface area contributed by atoms with Crippen molar-refractivity contribution < 1.29 is 37.3 Å². The van der Waals surface area contributed by atoms with Gasteiger partial charge in [-0.25, -0.2) is 4.79 Å². The third-order valence-electron chi connectivity index (χ3n) is 6.32. The first-order valence-electron chi connectivity index (χ1n) is 10.9. The quantitative estimate of drug-likeness (QED) is 0.540. The standard InChI is InChI=1S/C25H26F3NO5/c1-15-17(11-29-12-21(13-29)34-24(30)31)4-3-16-9-20(7-8-22(15)16)33-14-18-5-6-19(25(26,27)28)10-23(18)32-2/h5-10,21H,3-4,11-14H2,1-2H3,(H,30,31). The zero-order valence-electron chi connectivity index (χ0n) is 18.9. The molecule has 6 nitrogen and oxygen atoms in total. The van der Waals surface area contributed by atoms with Crippen LogP contribution in [0.3, 0.4) is 0 Å². The van der Waals surface area contributed by atoms with Crippen LogP contribution < -0.4 is 9.47 Å². The predicted molar refractivity (Wildman–Crippen MR) is 119 cm³/mol. The van der Waals surface area contributed by atoms with E-state index < -0.39 is 17.9 Å². The van der Waals surface area contributed by atoms with Crippen molar-refractivity contribution in [3.8, 4) is 11.5 Å². The summed E-state index contributed by atoms with van der Waals surface area (Å²) < 4.78 is 54.6. The Hall–Kier alpha value is -3.20. The molecule has 0 unspecified atom stereocenters. The zero-order valence-corrected chi connectivity index (χ0v) is 18.9. The van der Waals surface area contributed by atoms with Crippen LogP contribution in [0, 0.1) is 0 Å². The molecule has 1 saturated heterocycles. The zero-order chi connectivity index (χ0) is 24.5. The topological polar surface area (TPSA) is 68.2 Å². The average molecular weight is 477 g/mol. The highest BCUT2D eigenvalue weighted by molar-refractivity contribution is 5.72. The molecule has 1 fully saturated rings. The molecule has 4 rings (SSSR count). The highest BCUT2D eigenvalue weighted by Gasteiger charge is 2.32. The number of methoxy groups -OCH3 is 1. The lowest BCUT2D eigenvalue weighted by molar-refractivity contribution is -0.137. The van der Waals surface area contributed by atoms with E-state index >= 15 is 0 Å². The Morgan fingerprint density at radius 1 is 1.15 bits per heavy atom. The van der Waals surface area contributed by atoms with Gasteiger partial charge in [-0.3, -0.25) is 4.90 Å². The van der Waals surface area contributed by atoms with Gasteiger partial charge in [-0.1, -0.05) is 17.7 Å². The number of ether oxygens (including phenoxy) is 3. The first kappa shape index (κ1) is 23.9. The van der Waals surface area contributed by atoms with Crippen LogP contribution >= 0.6 is 0 Å². The summed E-state index contributed by atoms with van der Waals surface area (Å²) in [6, 6.07) is 9.23. The Balaban J connectivity index is 1.40. The van der Waals surface area contributed by atoms with E-state index in [0.29, 0.717) is 24.4 Å². The van der Waals surface area contributed by atoms with Gasteiger partial charge >= 0.3 is 12.3 Å². The van der Waals surface area contributed by atoms with Crippen molar-refractivity contribution in [2.75, 3.05) is 26.7 Å². The lowest BCUT2D eigenvalue weighted by Gasteiger charge is -2.39. The Kier molecular flexibility index (Phi) is 6.74. The van der Waals surface area contributed by atoms with Crippen molar-refractivity contribution >= 4 is 11.7 Å². The van der Waals surface area contributed by atoms with E-state index in [4.69, 9.17) is 19.3 Å². The van der Waals surface area contributed by atoms with Gasteiger partial charge in [-0.2, -0.15) is 13.2 Å². The van der Waals surface area contributed by atoms with E-state index in [-0.39, 0.29) is 18.5 Å². The number of likely N-dealkylation sites (tertiary alicyclic amines) is 1. The first-order chi connectivity index (χ1) is 16.1. The van der Waals surface area contributed by atoms with Crippen LogP contribution in [-0.4, -0.2) is 49.0 Å². The van der Waals surface area contributed by atoms with Gasteiger partial charge in [0.2, 0.25) is 0 Å². The normalized spacial score (nSPS) is 16.6. The number of carboxylic acid groups (broad SMARTS) is 1. The van der Waals surface area contributed by atoms with Crippen molar-refractivity contribution in [3.05, 3.63) is 64.2 Å². The van der Waals surface area contributed by atoms with Crippen LogP contribution in [0.1, 0.15) is 35.6 Å². The molecule has 1 aliphatic carbocycles. The molecular formula is C25H26F3NO5. The lowest BCUT2D eigenvalue weighted by atomic mass is 9.85. The minimum atomic E-state index is -4.43. The van der Waals surface area contributed by atoms with Crippen LogP contribution in [0.15, 0.2) is 42.0 Å². The maximum absolute atomic E-state index is 12.9. The summed E-state index contributed by atoms with van der Waals surface area (Å²) in [7, 11) is 1.34. The van der Waals surface area contributed by atoms with E-state index in [1.54, 1.807) is 0 Å². The number of nitrogens with zero attached hydrogens (tertiary/aromatic N) is 1. The molecule has 182 valence electrons. The highest BCUT2D eigenvalue weighted by Crippen LogP contribution is 2.36. The molecule has 0 amide bonds. The first-order valence-corrected chi connectivity index (χ1v) is 10.9. The summed E-state index contributed by atoms with van der Waals surface area (Å²) in [4.78, 5) is 12.8. The monoisotopic (exact) mass is 477 g/mol. The molecule has 0 saturated carbocycles. The minimum absolute atomic E-state index is 0.0920. The number of benzene rings is 2. The van der Waals surface area contributed by atoms with Gasteiger partial charge < -0.3 is 19.3 Å². The van der Waals surface area contributed by atoms with Crippen LogP contribution in [0.4, 0.5) is 18.0 Å². The van der Waals surface area contributed by atoms with Gasteiger partial charge in [0.05, 0.1) is 12.7 Å². The van der Waals surface area contributed by atoms with Crippen molar-refractivity contribution in [1.82, 2.24) is 4.90 Å². The second-order valence-corrected chi connectivity index (χ2v) is 8.56. The van der Waals surface area contributed by atoms with Gasteiger partial charge in [-0.15, -0.1) is 0 Å². The molecule has 2 aromatic carbocycles. The van der Waals surface area contributed by atoms with Gasteiger partial charge in [0, 0.05) is 25.2 Å². The van der Waals surface area contributed by atoms with E-state index in [1.165, 1.54) is 24.3 Å². The number of rotatable bonds is 7. The largest absolute Gasteiger partial charge is 0.506 e. The van der Waals surface area contributed by atoms with Gasteiger partial charge in [-0.05, 0) is 60.7 Å². The summed E-state index contributed by atoms with van der Waals surface area (Å²) in [5.74, 6) is 0.784. The summed E-state index contributed by atoms with van der Waals surface area (Å²) in [6.45, 7) is 4.18. The van der Waals surface area contributed by atoms with Crippen LogP contribution in [0.2, 0.25) is 0 Å². The van der Waals surface area contributed by atoms with Gasteiger partial charge in [0.15, 0.2) is 0 Å². The Bertz CT molecular complexity index is 1110. The third kappa shape index (κ3) is 5.30. The molecule has 0 bridgehead atoms. The number of carbonyl (C=O) groups is 1. The fraction of sp³-hybridized carbons (Fsp3) is 0.400. The van der Waals surface area contributed by atoms with Gasteiger partial charge in [0.1, 0.15) is 24.2 Å². The smallest absolute Gasteiger partial charge is 0.496 e. The number of fused-ring (bicyclic) bond motifs is 1. The van der Waals surface area contributed by atoms with Crippen molar-refractivity contribution in [1.29, 1.82) is 0 Å². The maximum atomic E-state index is 12.9. The third-order valence-corrected chi connectivity index (χ3v) is 6.32. The molecule has 0 aromatic heterocycles. The van der Waals surface area contributed by atoms with Crippen molar-refractivity contribution in [2.45, 2.75) is 38.7 Å². The molecule has 0 atom stereocenters. The molecular weight excluding hydrogens is 451 g/mol. The van der Waals surface area contributed by atoms with Crippen molar-refractivity contribution in [3.63, 3.8) is 0 Å². The molecule has 0 radical (unpaired) electrons.